The van der Waals surface area contributed by atoms with Crippen LogP contribution < -0.4 is 10.5 Å². The van der Waals surface area contributed by atoms with Gasteiger partial charge in [-0.15, -0.1) is 11.3 Å². The predicted octanol–water partition coefficient (Wildman–Crippen LogP) is 2.17. The fourth-order valence-electron chi connectivity index (χ4n) is 1.31. The second-order valence-corrected chi connectivity index (χ2v) is 6.75. The first-order valence-electron chi connectivity index (χ1n) is 4.92. The summed E-state index contributed by atoms with van der Waals surface area (Å²) in [6.45, 7) is 0.574. The van der Waals surface area contributed by atoms with E-state index in [0.29, 0.717) is 6.54 Å². The van der Waals surface area contributed by atoms with Gasteiger partial charge in [-0.2, -0.15) is 0 Å². The lowest BCUT2D eigenvalue weighted by molar-refractivity contribution is 0.598. The maximum absolute atomic E-state index is 11.1. The Morgan fingerprint density at radius 3 is 2.50 bits per heavy atom. The van der Waals surface area contributed by atoms with E-state index in [4.69, 9.17) is 5.14 Å². The Bertz CT molecular complexity index is 637. The van der Waals surface area contributed by atoms with Crippen molar-refractivity contribution in [3.8, 4) is 0 Å². The fraction of sp³-hybridized carbons (Fsp3) is 0.100. The maximum Gasteiger partial charge on any atom is 0.238 e. The molecular weight excluding hydrogens is 338 g/mol. The quantitative estimate of drug-likeness (QED) is 0.887. The zero-order chi connectivity index (χ0) is 13.2. The maximum atomic E-state index is 11.1. The molecule has 0 spiro atoms. The number of thiazole rings is 1. The first-order valence-corrected chi connectivity index (χ1v) is 8.14. The molecule has 3 N–H and O–H groups in total. The first kappa shape index (κ1) is 13.5. The van der Waals surface area contributed by atoms with E-state index < -0.39 is 10.0 Å². The van der Waals surface area contributed by atoms with Gasteiger partial charge in [0.2, 0.25) is 10.0 Å². The van der Waals surface area contributed by atoms with Crippen LogP contribution in [-0.4, -0.2) is 13.4 Å². The van der Waals surface area contributed by atoms with Crippen molar-refractivity contribution in [1.29, 1.82) is 0 Å². The normalized spacial score (nSPS) is 11.4. The number of sulfonamides is 1. The molecule has 1 aromatic heterocycles. The molecule has 0 unspecified atom stereocenters. The van der Waals surface area contributed by atoms with Gasteiger partial charge >= 0.3 is 0 Å². The van der Waals surface area contributed by atoms with Crippen LogP contribution in [0.1, 0.15) is 5.56 Å². The highest BCUT2D eigenvalue weighted by Gasteiger charge is 2.06. The van der Waals surface area contributed by atoms with Crippen molar-refractivity contribution < 1.29 is 8.42 Å². The SMILES string of the molecule is NS(=O)(=O)c1ccc(CNc2nc(Br)cs2)cc1. The Morgan fingerprint density at radius 2 is 2.00 bits per heavy atom. The molecule has 96 valence electrons. The molecule has 0 bridgehead atoms. The van der Waals surface area contributed by atoms with Crippen LogP contribution in [0.2, 0.25) is 0 Å². The minimum atomic E-state index is -3.62. The molecule has 1 aromatic carbocycles. The topological polar surface area (TPSA) is 85.1 Å². The Balaban J connectivity index is 2.03. The van der Waals surface area contributed by atoms with E-state index in [-0.39, 0.29) is 4.90 Å². The van der Waals surface area contributed by atoms with Crippen LogP contribution in [0.4, 0.5) is 5.13 Å². The Kier molecular flexibility index (Phi) is 4.00. The number of anilines is 1. The molecule has 0 amide bonds. The monoisotopic (exact) mass is 347 g/mol. The van der Waals surface area contributed by atoms with Crippen LogP contribution in [0.3, 0.4) is 0 Å². The second kappa shape index (κ2) is 5.35. The number of halogens is 1. The molecule has 2 rings (SSSR count). The van der Waals surface area contributed by atoms with Gasteiger partial charge in [-0.25, -0.2) is 18.5 Å². The van der Waals surface area contributed by atoms with Crippen LogP contribution in [0.15, 0.2) is 39.1 Å². The Labute approximate surface area is 117 Å². The average Bonchev–Trinajstić information content (AvgIpc) is 2.72. The summed E-state index contributed by atoms with van der Waals surface area (Å²) >= 11 is 4.76. The lowest BCUT2D eigenvalue weighted by Gasteiger charge is -2.04. The van der Waals surface area contributed by atoms with Crippen LogP contribution in [-0.2, 0) is 16.6 Å². The molecule has 2 aromatic rings. The molecule has 5 nitrogen and oxygen atoms in total. The summed E-state index contributed by atoms with van der Waals surface area (Å²) in [4.78, 5) is 4.30. The number of hydrogen-bond acceptors (Lipinski definition) is 5. The van der Waals surface area contributed by atoms with Crippen molar-refractivity contribution >= 4 is 42.4 Å². The zero-order valence-corrected chi connectivity index (χ0v) is 12.3. The highest BCUT2D eigenvalue weighted by molar-refractivity contribution is 9.10. The van der Waals surface area contributed by atoms with Gasteiger partial charge in [-0.1, -0.05) is 12.1 Å². The van der Waals surface area contributed by atoms with Crippen molar-refractivity contribution in [2.24, 2.45) is 5.14 Å². The van der Waals surface area contributed by atoms with Gasteiger partial charge in [0, 0.05) is 11.9 Å². The highest BCUT2D eigenvalue weighted by atomic mass is 79.9. The third-order valence-corrected chi connectivity index (χ3v) is 4.61. The van der Waals surface area contributed by atoms with E-state index >= 15 is 0 Å². The third-order valence-electron chi connectivity index (χ3n) is 2.17. The van der Waals surface area contributed by atoms with Crippen molar-refractivity contribution in [2.75, 3.05) is 5.32 Å². The van der Waals surface area contributed by atoms with Crippen LogP contribution in [0.25, 0.3) is 0 Å². The zero-order valence-electron chi connectivity index (χ0n) is 9.13. The molecule has 0 aliphatic carbocycles. The van der Waals surface area contributed by atoms with Gasteiger partial charge in [0.05, 0.1) is 4.90 Å². The van der Waals surface area contributed by atoms with Gasteiger partial charge in [0.1, 0.15) is 4.60 Å². The minimum Gasteiger partial charge on any atom is -0.357 e. The number of rotatable bonds is 4. The molecule has 1 heterocycles. The predicted molar refractivity (Wildman–Crippen MR) is 75.0 cm³/mol. The summed E-state index contributed by atoms with van der Waals surface area (Å²) in [6, 6.07) is 6.42. The molecular formula is C10H10BrN3O2S2. The number of nitrogens with zero attached hydrogens (tertiary/aromatic N) is 1. The second-order valence-electron chi connectivity index (χ2n) is 3.52. The Morgan fingerprint density at radius 1 is 1.33 bits per heavy atom. The third kappa shape index (κ3) is 3.52. The molecule has 0 fully saturated rings. The van der Waals surface area contributed by atoms with Gasteiger partial charge in [-0.05, 0) is 33.6 Å². The summed E-state index contributed by atoms with van der Waals surface area (Å²) in [5, 5.41) is 10.8. The largest absolute Gasteiger partial charge is 0.357 e. The van der Waals surface area contributed by atoms with E-state index in [1.54, 1.807) is 12.1 Å². The average molecular weight is 348 g/mol. The number of aromatic nitrogens is 1. The van der Waals surface area contributed by atoms with Gasteiger partial charge < -0.3 is 5.32 Å². The van der Waals surface area contributed by atoms with E-state index in [0.717, 1.165) is 15.3 Å². The first-order chi connectivity index (χ1) is 8.45. The summed E-state index contributed by atoms with van der Waals surface area (Å²) in [6.07, 6.45) is 0. The molecule has 0 atom stereocenters. The summed E-state index contributed by atoms with van der Waals surface area (Å²) < 4.78 is 22.9. The van der Waals surface area contributed by atoms with Crippen molar-refractivity contribution in [2.45, 2.75) is 11.4 Å². The lowest BCUT2D eigenvalue weighted by atomic mass is 10.2. The van der Waals surface area contributed by atoms with Crippen LogP contribution >= 0.6 is 27.3 Å². The number of nitrogens with one attached hydrogen (secondary N) is 1. The van der Waals surface area contributed by atoms with Crippen LogP contribution in [0.5, 0.6) is 0 Å². The van der Waals surface area contributed by atoms with E-state index in [1.165, 1.54) is 23.5 Å². The molecule has 0 saturated carbocycles. The van der Waals surface area contributed by atoms with Crippen molar-refractivity contribution in [3.63, 3.8) is 0 Å². The van der Waals surface area contributed by atoms with Gasteiger partial charge in [-0.3, -0.25) is 0 Å². The molecule has 0 saturated heterocycles. The molecule has 0 aliphatic rings. The molecule has 0 radical (unpaired) electrons. The van der Waals surface area contributed by atoms with Gasteiger partial charge in [0.25, 0.3) is 0 Å². The lowest BCUT2D eigenvalue weighted by Crippen LogP contribution is -2.12. The standard InChI is InChI=1S/C10H10BrN3O2S2/c11-9-6-17-10(14-9)13-5-7-1-3-8(4-2-7)18(12,15)16/h1-4,6H,5H2,(H,13,14)(H2,12,15,16). The van der Waals surface area contributed by atoms with E-state index in [2.05, 4.69) is 26.2 Å². The fourth-order valence-corrected chi connectivity index (χ4v) is 2.97. The number of primary sulfonamides is 1. The summed E-state index contributed by atoms with van der Waals surface area (Å²) in [5.41, 5.74) is 0.953. The molecule has 0 aliphatic heterocycles. The van der Waals surface area contributed by atoms with Gasteiger partial charge in [0.15, 0.2) is 5.13 Å². The number of hydrogen-bond donors (Lipinski definition) is 2. The van der Waals surface area contributed by atoms with Crippen LogP contribution in [0, 0.1) is 0 Å². The minimum absolute atomic E-state index is 0.114. The summed E-state index contributed by atoms with van der Waals surface area (Å²) in [7, 11) is -3.62. The van der Waals surface area contributed by atoms with Crippen molar-refractivity contribution in [3.05, 3.63) is 39.8 Å². The van der Waals surface area contributed by atoms with Crippen molar-refractivity contribution in [1.82, 2.24) is 4.98 Å². The summed E-state index contributed by atoms with van der Waals surface area (Å²) in [5.74, 6) is 0. The molecule has 18 heavy (non-hydrogen) atoms. The molecule has 8 heteroatoms. The number of benzene rings is 1. The highest BCUT2D eigenvalue weighted by Crippen LogP contribution is 2.20. The van der Waals surface area contributed by atoms with E-state index in [9.17, 15) is 8.42 Å². The number of nitrogens with two attached hydrogens (primary N) is 1. The smallest absolute Gasteiger partial charge is 0.238 e. The Hall–Kier alpha value is -0.960. The van der Waals surface area contributed by atoms with E-state index in [1.807, 2.05) is 5.38 Å².